The zero-order chi connectivity index (χ0) is 15.1. The minimum atomic E-state index is -0.454. The minimum absolute atomic E-state index is 0.0806. The van der Waals surface area contributed by atoms with Crippen LogP contribution in [0.3, 0.4) is 0 Å². The molecule has 5 heteroatoms. The molecule has 5 nitrogen and oxygen atoms in total. The number of likely N-dealkylation sites (tertiary alicyclic amines) is 1. The number of carbonyl (C=O) groups is 1. The van der Waals surface area contributed by atoms with Crippen LogP contribution in [0, 0.1) is 0 Å². The van der Waals surface area contributed by atoms with Crippen molar-refractivity contribution < 1.29 is 9.53 Å². The third-order valence-electron chi connectivity index (χ3n) is 4.16. The van der Waals surface area contributed by atoms with Crippen molar-refractivity contribution in [1.29, 1.82) is 0 Å². The molecule has 1 atom stereocenters. The number of carbonyl (C=O) groups excluding carboxylic acids is 1. The summed E-state index contributed by atoms with van der Waals surface area (Å²) in [6.07, 6.45) is 5.69. The first-order valence-corrected chi connectivity index (χ1v) is 7.55. The molecular formula is C16H23N3O2. The Morgan fingerprint density at radius 1 is 1.48 bits per heavy atom. The van der Waals surface area contributed by atoms with E-state index in [9.17, 15) is 4.79 Å². The van der Waals surface area contributed by atoms with E-state index in [1.807, 2.05) is 44.1 Å². The molecule has 1 fully saturated rings. The maximum atomic E-state index is 12.3. The zero-order valence-electron chi connectivity index (χ0n) is 13.0. The average molecular weight is 289 g/mol. The Morgan fingerprint density at radius 2 is 2.29 bits per heavy atom. The molecule has 0 saturated carbocycles. The summed E-state index contributed by atoms with van der Waals surface area (Å²) in [6, 6.07) is 2.05. The van der Waals surface area contributed by atoms with E-state index in [2.05, 4.69) is 9.98 Å². The summed E-state index contributed by atoms with van der Waals surface area (Å²) in [6.45, 7) is 7.87. The molecule has 114 valence electrons. The summed E-state index contributed by atoms with van der Waals surface area (Å²) in [5.74, 6) is 0. The summed E-state index contributed by atoms with van der Waals surface area (Å²) in [7, 11) is 0. The van der Waals surface area contributed by atoms with Gasteiger partial charge in [0.15, 0.2) is 0 Å². The SMILES string of the molecule is CC(C)(C)OC(=O)N1CCCC2(CN=Cc3cc[nH]c32)C1. The minimum Gasteiger partial charge on any atom is -0.444 e. The van der Waals surface area contributed by atoms with Crippen LogP contribution in [0.4, 0.5) is 4.79 Å². The summed E-state index contributed by atoms with van der Waals surface area (Å²) in [4.78, 5) is 22.0. The zero-order valence-corrected chi connectivity index (χ0v) is 13.0. The normalized spacial score (nSPS) is 25.0. The van der Waals surface area contributed by atoms with Crippen LogP contribution in [-0.4, -0.2) is 47.4 Å². The smallest absolute Gasteiger partial charge is 0.410 e. The first kappa shape index (κ1) is 14.2. The van der Waals surface area contributed by atoms with E-state index in [1.54, 1.807) is 0 Å². The Morgan fingerprint density at radius 3 is 3.05 bits per heavy atom. The third kappa shape index (κ3) is 2.69. The van der Waals surface area contributed by atoms with Gasteiger partial charge in [-0.05, 0) is 39.7 Å². The number of hydrogen-bond donors (Lipinski definition) is 1. The Balaban J connectivity index is 1.81. The molecule has 0 radical (unpaired) electrons. The van der Waals surface area contributed by atoms with Crippen molar-refractivity contribution >= 4 is 12.3 Å². The maximum Gasteiger partial charge on any atom is 0.410 e. The van der Waals surface area contributed by atoms with Crippen molar-refractivity contribution in [3.63, 3.8) is 0 Å². The molecule has 1 unspecified atom stereocenters. The lowest BCUT2D eigenvalue weighted by atomic mass is 9.75. The molecule has 2 aliphatic heterocycles. The largest absolute Gasteiger partial charge is 0.444 e. The Labute approximate surface area is 125 Å². The molecule has 1 amide bonds. The summed E-state index contributed by atoms with van der Waals surface area (Å²) < 4.78 is 5.52. The monoisotopic (exact) mass is 289 g/mol. The lowest BCUT2D eigenvalue weighted by Crippen LogP contribution is -2.52. The lowest BCUT2D eigenvalue weighted by Gasteiger charge is -2.43. The number of hydrogen-bond acceptors (Lipinski definition) is 3. The lowest BCUT2D eigenvalue weighted by molar-refractivity contribution is 0.0136. The quantitative estimate of drug-likeness (QED) is 0.798. The van der Waals surface area contributed by atoms with E-state index in [0.717, 1.165) is 31.5 Å². The molecule has 0 bridgehead atoms. The average Bonchev–Trinajstić information content (AvgIpc) is 2.87. The number of ether oxygens (including phenoxy) is 1. The number of aliphatic imine (C=N–C) groups is 1. The maximum absolute atomic E-state index is 12.3. The van der Waals surface area contributed by atoms with Crippen molar-refractivity contribution in [2.45, 2.75) is 44.6 Å². The predicted octanol–water partition coefficient (Wildman–Crippen LogP) is 2.72. The van der Waals surface area contributed by atoms with Crippen LogP contribution in [0.2, 0.25) is 0 Å². The molecular weight excluding hydrogens is 266 g/mol. The van der Waals surface area contributed by atoms with Gasteiger partial charge in [-0.2, -0.15) is 0 Å². The van der Waals surface area contributed by atoms with Crippen LogP contribution >= 0.6 is 0 Å². The van der Waals surface area contributed by atoms with Crippen molar-refractivity contribution in [2.24, 2.45) is 4.99 Å². The first-order chi connectivity index (χ1) is 9.90. The van der Waals surface area contributed by atoms with E-state index in [0.29, 0.717) is 6.54 Å². The third-order valence-corrected chi connectivity index (χ3v) is 4.16. The van der Waals surface area contributed by atoms with Crippen LogP contribution < -0.4 is 0 Å². The molecule has 0 aromatic carbocycles. The van der Waals surface area contributed by atoms with Gasteiger partial charge in [0.25, 0.3) is 0 Å². The van der Waals surface area contributed by atoms with Crippen LogP contribution in [-0.2, 0) is 10.2 Å². The molecule has 1 N–H and O–H groups in total. The number of rotatable bonds is 0. The van der Waals surface area contributed by atoms with Crippen LogP contribution in [0.15, 0.2) is 17.3 Å². The number of nitrogens with one attached hydrogen (secondary N) is 1. The van der Waals surface area contributed by atoms with E-state index in [4.69, 9.17) is 4.74 Å². The highest BCUT2D eigenvalue weighted by atomic mass is 16.6. The molecule has 1 spiro atoms. The fourth-order valence-electron chi connectivity index (χ4n) is 3.29. The summed E-state index contributed by atoms with van der Waals surface area (Å²) >= 11 is 0. The van der Waals surface area contributed by atoms with E-state index >= 15 is 0 Å². The number of aromatic nitrogens is 1. The number of fused-ring (bicyclic) bond motifs is 2. The van der Waals surface area contributed by atoms with Crippen LogP contribution in [0.5, 0.6) is 0 Å². The van der Waals surface area contributed by atoms with Crippen LogP contribution in [0.1, 0.15) is 44.9 Å². The number of nitrogens with zero attached hydrogens (tertiary/aromatic N) is 2. The van der Waals surface area contributed by atoms with E-state index in [1.165, 1.54) is 5.69 Å². The second-order valence-electron chi connectivity index (χ2n) is 7.06. The highest BCUT2D eigenvalue weighted by Crippen LogP contribution is 2.37. The first-order valence-electron chi connectivity index (χ1n) is 7.55. The van der Waals surface area contributed by atoms with Gasteiger partial charge in [0.05, 0.1) is 6.54 Å². The van der Waals surface area contributed by atoms with Gasteiger partial charge < -0.3 is 14.6 Å². The fraction of sp³-hybridized carbons (Fsp3) is 0.625. The van der Waals surface area contributed by atoms with E-state index in [-0.39, 0.29) is 11.5 Å². The molecule has 3 rings (SSSR count). The molecule has 1 aromatic rings. The molecule has 3 heterocycles. The highest BCUT2D eigenvalue weighted by Gasteiger charge is 2.42. The Bertz CT molecular complexity index is 570. The highest BCUT2D eigenvalue weighted by molar-refractivity contribution is 5.83. The Hall–Kier alpha value is -1.78. The molecule has 1 aromatic heterocycles. The fourth-order valence-corrected chi connectivity index (χ4v) is 3.29. The second kappa shape index (κ2) is 4.90. The van der Waals surface area contributed by atoms with Gasteiger partial charge in [-0.3, -0.25) is 4.99 Å². The van der Waals surface area contributed by atoms with Gasteiger partial charge in [0, 0.05) is 42.2 Å². The second-order valence-corrected chi connectivity index (χ2v) is 7.06. The number of amides is 1. The van der Waals surface area contributed by atoms with Crippen molar-refractivity contribution in [2.75, 3.05) is 19.6 Å². The van der Waals surface area contributed by atoms with Crippen molar-refractivity contribution in [1.82, 2.24) is 9.88 Å². The summed E-state index contributed by atoms with van der Waals surface area (Å²) in [5.41, 5.74) is 1.82. The van der Waals surface area contributed by atoms with Gasteiger partial charge in [-0.25, -0.2) is 4.79 Å². The Kier molecular flexibility index (Phi) is 3.30. The molecule has 0 aliphatic carbocycles. The molecule has 21 heavy (non-hydrogen) atoms. The predicted molar refractivity (Wildman–Crippen MR) is 82.0 cm³/mol. The van der Waals surface area contributed by atoms with Gasteiger partial charge in [0.1, 0.15) is 5.60 Å². The van der Waals surface area contributed by atoms with Gasteiger partial charge in [-0.15, -0.1) is 0 Å². The number of piperidine rings is 1. The number of H-pyrrole nitrogens is 1. The summed E-state index contributed by atoms with van der Waals surface area (Å²) in [5, 5.41) is 0. The topological polar surface area (TPSA) is 57.7 Å². The van der Waals surface area contributed by atoms with Crippen LogP contribution in [0.25, 0.3) is 0 Å². The molecule has 2 aliphatic rings. The van der Waals surface area contributed by atoms with Gasteiger partial charge in [-0.1, -0.05) is 0 Å². The van der Waals surface area contributed by atoms with Gasteiger partial charge >= 0.3 is 6.09 Å². The van der Waals surface area contributed by atoms with E-state index < -0.39 is 5.60 Å². The van der Waals surface area contributed by atoms with Crippen molar-refractivity contribution in [3.8, 4) is 0 Å². The van der Waals surface area contributed by atoms with Crippen molar-refractivity contribution in [3.05, 3.63) is 23.5 Å². The molecule has 1 saturated heterocycles. The van der Waals surface area contributed by atoms with Gasteiger partial charge in [0.2, 0.25) is 0 Å². The number of aromatic amines is 1. The standard InChI is InChI=1S/C16H23N3O2/c1-15(2,3)21-14(20)19-8-4-6-16(11-19)10-17-9-12-5-7-18-13(12)16/h5,7,9,18H,4,6,8,10-11H2,1-3H3.